The third-order valence-electron chi connectivity index (χ3n) is 3.71. The average molecular weight is 389 g/mol. The molecule has 2 rings (SSSR count). The Bertz CT molecular complexity index is 812. The fourth-order valence-electron chi connectivity index (χ4n) is 2.29. The van der Waals surface area contributed by atoms with Gasteiger partial charge in [0.25, 0.3) is 0 Å². The normalized spacial score (nSPS) is 12.2. The van der Waals surface area contributed by atoms with Gasteiger partial charge in [0, 0.05) is 7.05 Å². The maximum absolute atomic E-state index is 12.9. The highest BCUT2D eigenvalue weighted by molar-refractivity contribution is 5.90. The second-order valence-corrected chi connectivity index (χ2v) is 7.34. The summed E-state index contributed by atoms with van der Waals surface area (Å²) < 4.78 is 23.4. The lowest BCUT2D eigenvalue weighted by atomic mass is 10.1. The van der Waals surface area contributed by atoms with Crippen LogP contribution in [0.5, 0.6) is 5.75 Å². The molecule has 1 amide bonds. The summed E-state index contributed by atoms with van der Waals surface area (Å²) in [5.74, 6) is -0.769. The van der Waals surface area contributed by atoms with E-state index in [4.69, 9.17) is 9.47 Å². The van der Waals surface area contributed by atoms with E-state index in [0.717, 1.165) is 0 Å². The van der Waals surface area contributed by atoms with Crippen LogP contribution in [0.25, 0.3) is 0 Å². The lowest BCUT2D eigenvalue weighted by molar-refractivity contribution is 0.0205. The van der Waals surface area contributed by atoms with Crippen molar-refractivity contribution in [3.63, 3.8) is 0 Å². The fourth-order valence-corrected chi connectivity index (χ4v) is 2.29. The molecule has 0 bridgehead atoms. The predicted octanol–water partition coefficient (Wildman–Crippen LogP) is 3.95. The van der Waals surface area contributed by atoms with Crippen LogP contribution in [0.3, 0.4) is 0 Å². The third-order valence-corrected chi connectivity index (χ3v) is 3.71. The number of benzene rings is 2. The summed E-state index contributed by atoms with van der Waals surface area (Å²) in [6, 6.07) is 11.3. The molecule has 0 radical (unpaired) electrons. The first-order valence-corrected chi connectivity index (χ1v) is 8.75. The van der Waals surface area contributed by atoms with Crippen molar-refractivity contribution in [3.05, 3.63) is 65.5 Å². The number of likely N-dealkylation sites (N-methyl/N-ethyl adjacent to an activating group) is 1. The van der Waals surface area contributed by atoms with Crippen molar-refractivity contribution >= 4 is 12.1 Å². The number of rotatable bonds is 5. The van der Waals surface area contributed by atoms with Crippen LogP contribution in [-0.2, 0) is 4.74 Å². The van der Waals surface area contributed by atoms with Crippen LogP contribution in [0.1, 0.15) is 42.8 Å². The average Bonchev–Trinajstić information content (AvgIpc) is 2.61. The zero-order chi connectivity index (χ0) is 20.9. The molecule has 0 fully saturated rings. The van der Waals surface area contributed by atoms with E-state index < -0.39 is 29.6 Å². The van der Waals surface area contributed by atoms with Gasteiger partial charge in [0.05, 0.1) is 18.2 Å². The van der Waals surface area contributed by atoms with E-state index in [9.17, 15) is 19.1 Å². The number of amides is 1. The van der Waals surface area contributed by atoms with E-state index in [1.165, 1.54) is 48.3 Å². The van der Waals surface area contributed by atoms with Gasteiger partial charge in [0.15, 0.2) is 0 Å². The summed E-state index contributed by atoms with van der Waals surface area (Å²) >= 11 is 0. The molecule has 1 atom stereocenters. The Morgan fingerprint density at radius 3 is 2.18 bits per heavy atom. The molecule has 1 N–H and O–H groups in total. The number of nitrogens with zero attached hydrogens (tertiary/aromatic N) is 1. The van der Waals surface area contributed by atoms with Crippen LogP contribution in [0.2, 0.25) is 0 Å². The summed E-state index contributed by atoms with van der Waals surface area (Å²) in [6.45, 7) is 5.34. The van der Waals surface area contributed by atoms with Crippen LogP contribution in [-0.4, -0.2) is 41.3 Å². The molecule has 6 nitrogen and oxygen atoms in total. The Balaban J connectivity index is 1.94. The van der Waals surface area contributed by atoms with Gasteiger partial charge < -0.3 is 19.5 Å². The van der Waals surface area contributed by atoms with Crippen LogP contribution < -0.4 is 4.74 Å². The highest BCUT2D eigenvalue weighted by Gasteiger charge is 2.22. The SMILES string of the molecule is CN(CC(O)c1ccc(OC(=O)c2ccc(F)cc2)cc1)C(=O)OC(C)(C)C. The van der Waals surface area contributed by atoms with Crippen molar-refractivity contribution in [2.75, 3.05) is 13.6 Å². The molecule has 0 saturated carbocycles. The van der Waals surface area contributed by atoms with Crippen molar-refractivity contribution < 1.29 is 28.6 Å². The molecule has 1 unspecified atom stereocenters. The number of aliphatic hydroxyl groups is 1. The molecule has 150 valence electrons. The minimum atomic E-state index is -0.931. The van der Waals surface area contributed by atoms with E-state index in [1.807, 2.05) is 0 Å². The standard InChI is InChI=1S/C21H24FNO5/c1-21(2,3)28-20(26)23(4)13-18(24)14-7-11-17(12-8-14)27-19(25)15-5-9-16(22)10-6-15/h5-12,18,24H,13H2,1-4H3. The Morgan fingerprint density at radius 1 is 1.07 bits per heavy atom. The van der Waals surface area contributed by atoms with E-state index in [1.54, 1.807) is 32.9 Å². The molecule has 0 aromatic heterocycles. The van der Waals surface area contributed by atoms with Gasteiger partial charge in [-0.3, -0.25) is 0 Å². The predicted molar refractivity (Wildman–Crippen MR) is 102 cm³/mol. The molecule has 0 heterocycles. The van der Waals surface area contributed by atoms with Crippen LogP contribution in [0.15, 0.2) is 48.5 Å². The largest absolute Gasteiger partial charge is 0.444 e. The van der Waals surface area contributed by atoms with Gasteiger partial charge in [0.1, 0.15) is 17.2 Å². The highest BCUT2D eigenvalue weighted by Crippen LogP contribution is 2.20. The van der Waals surface area contributed by atoms with E-state index >= 15 is 0 Å². The van der Waals surface area contributed by atoms with E-state index in [0.29, 0.717) is 5.56 Å². The van der Waals surface area contributed by atoms with Gasteiger partial charge in [-0.25, -0.2) is 14.0 Å². The number of carbonyl (C=O) groups excluding carboxylic acids is 2. The molecule has 28 heavy (non-hydrogen) atoms. The zero-order valence-corrected chi connectivity index (χ0v) is 16.3. The summed E-state index contributed by atoms with van der Waals surface area (Å²) in [6.07, 6.45) is -1.46. The number of aliphatic hydroxyl groups excluding tert-OH is 1. The van der Waals surface area contributed by atoms with Crippen LogP contribution in [0.4, 0.5) is 9.18 Å². The summed E-state index contributed by atoms with van der Waals surface area (Å²) in [4.78, 5) is 25.3. The topological polar surface area (TPSA) is 76.1 Å². The maximum Gasteiger partial charge on any atom is 0.410 e. The third kappa shape index (κ3) is 6.35. The Hall–Kier alpha value is -2.93. The van der Waals surface area contributed by atoms with Crippen LogP contribution >= 0.6 is 0 Å². The Morgan fingerprint density at radius 2 is 1.64 bits per heavy atom. The number of hydrogen-bond donors (Lipinski definition) is 1. The first kappa shape index (κ1) is 21.4. The first-order chi connectivity index (χ1) is 13.0. The lowest BCUT2D eigenvalue weighted by Crippen LogP contribution is -2.36. The minimum Gasteiger partial charge on any atom is -0.444 e. The van der Waals surface area contributed by atoms with Crippen LogP contribution in [0, 0.1) is 5.82 Å². The molecule has 7 heteroatoms. The number of esters is 1. The van der Waals surface area contributed by atoms with Gasteiger partial charge in [-0.15, -0.1) is 0 Å². The monoisotopic (exact) mass is 389 g/mol. The summed E-state index contributed by atoms with van der Waals surface area (Å²) in [7, 11) is 1.54. The number of ether oxygens (including phenoxy) is 2. The first-order valence-electron chi connectivity index (χ1n) is 8.75. The maximum atomic E-state index is 12.9. The summed E-state index contributed by atoms with van der Waals surface area (Å²) in [5, 5.41) is 10.3. The van der Waals surface area contributed by atoms with E-state index in [2.05, 4.69) is 0 Å². The fraction of sp³-hybridized carbons (Fsp3) is 0.333. The highest BCUT2D eigenvalue weighted by atomic mass is 19.1. The number of hydrogen-bond acceptors (Lipinski definition) is 5. The lowest BCUT2D eigenvalue weighted by Gasteiger charge is -2.26. The second-order valence-electron chi connectivity index (χ2n) is 7.34. The molecule has 0 saturated heterocycles. The zero-order valence-electron chi connectivity index (χ0n) is 16.3. The van der Waals surface area contributed by atoms with E-state index in [-0.39, 0.29) is 17.9 Å². The molecular weight excluding hydrogens is 365 g/mol. The summed E-state index contributed by atoms with van der Waals surface area (Å²) in [5.41, 5.74) is 0.160. The molecule has 0 spiro atoms. The van der Waals surface area contributed by atoms with Gasteiger partial charge in [0.2, 0.25) is 0 Å². The Labute approximate surface area is 163 Å². The molecular formula is C21H24FNO5. The van der Waals surface area contributed by atoms with Gasteiger partial charge in [-0.2, -0.15) is 0 Å². The second kappa shape index (κ2) is 8.84. The van der Waals surface area contributed by atoms with Crippen molar-refractivity contribution in [3.8, 4) is 5.75 Å². The molecule has 2 aromatic rings. The van der Waals surface area contributed by atoms with Gasteiger partial charge in [-0.05, 0) is 62.7 Å². The van der Waals surface area contributed by atoms with Gasteiger partial charge in [-0.1, -0.05) is 12.1 Å². The molecule has 2 aromatic carbocycles. The quantitative estimate of drug-likeness (QED) is 0.619. The minimum absolute atomic E-state index is 0.0453. The molecule has 0 aliphatic heterocycles. The molecule has 0 aliphatic carbocycles. The molecule has 0 aliphatic rings. The van der Waals surface area contributed by atoms with Crippen molar-refractivity contribution in [2.45, 2.75) is 32.5 Å². The van der Waals surface area contributed by atoms with Crippen molar-refractivity contribution in [1.82, 2.24) is 4.90 Å². The van der Waals surface area contributed by atoms with Gasteiger partial charge >= 0.3 is 12.1 Å². The number of halogens is 1. The number of carbonyl (C=O) groups is 2. The smallest absolute Gasteiger partial charge is 0.410 e. The van der Waals surface area contributed by atoms with Crippen molar-refractivity contribution in [2.24, 2.45) is 0 Å². The van der Waals surface area contributed by atoms with Crippen molar-refractivity contribution in [1.29, 1.82) is 0 Å². The Kier molecular flexibility index (Phi) is 6.75.